The molecule has 0 radical (unpaired) electrons. The molecule has 1 fully saturated rings. The zero-order chi connectivity index (χ0) is 15.5. The minimum atomic E-state index is 0.490. The maximum atomic E-state index is 2.56. The maximum absolute atomic E-state index is 2.56. The van der Waals surface area contributed by atoms with E-state index in [4.69, 9.17) is 0 Å². The first-order valence-corrected chi connectivity index (χ1v) is 8.41. The number of rotatable bonds is 3. The van der Waals surface area contributed by atoms with Crippen molar-refractivity contribution < 1.29 is 5.32 Å². The van der Waals surface area contributed by atoms with Crippen molar-refractivity contribution >= 4 is 0 Å². The molecule has 2 N–H and O–H groups in total. The molecule has 1 heteroatoms. The average Bonchev–Trinajstić information content (AvgIpc) is 3.09. The molecule has 0 bridgehead atoms. The molecule has 0 aromatic heterocycles. The topological polar surface area (TPSA) is 16.6 Å². The third-order valence-electron chi connectivity index (χ3n) is 5.02. The van der Waals surface area contributed by atoms with E-state index in [0.29, 0.717) is 18.0 Å². The molecule has 1 aliphatic rings. The van der Waals surface area contributed by atoms with E-state index in [-0.39, 0.29) is 0 Å². The van der Waals surface area contributed by atoms with Gasteiger partial charge in [-0.1, -0.05) is 91.0 Å². The fourth-order valence-corrected chi connectivity index (χ4v) is 3.89. The van der Waals surface area contributed by atoms with Gasteiger partial charge in [0.1, 0.15) is 12.1 Å². The average molecular weight is 300 g/mol. The molecule has 3 atom stereocenters. The summed E-state index contributed by atoms with van der Waals surface area (Å²) in [6.07, 6.45) is 1.19. The first-order valence-electron chi connectivity index (χ1n) is 8.41. The number of hydrogen-bond donors (Lipinski definition) is 1. The second-order valence-corrected chi connectivity index (χ2v) is 6.40. The zero-order valence-corrected chi connectivity index (χ0v) is 13.2. The molecule has 1 heterocycles. The van der Waals surface area contributed by atoms with Crippen molar-refractivity contribution in [2.24, 2.45) is 0 Å². The van der Waals surface area contributed by atoms with Gasteiger partial charge in [-0.25, -0.2) is 0 Å². The zero-order valence-electron chi connectivity index (χ0n) is 13.2. The van der Waals surface area contributed by atoms with Crippen LogP contribution in [0.5, 0.6) is 0 Å². The highest BCUT2D eigenvalue weighted by molar-refractivity contribution is 5.29. The Bertz CT molecular complexity index is 689. The van der Waals surface area contributed by atoms with Crippen LogP contribution >= 0.6 is 0 Å². The molecule has 23 heavy (non-hydrogen) atoms. The van der Waals surface area contributed by atoms with E-state index >= 15 is 0 Å². The summed E-state index contributed by atoms with van der Waals surface area (Å²) in [5.74, 6) is 0.559. The van der Waals surface area contributed by atoms with Gasteiger partial charge in [0.15, 0.2) is 0 Å². The first-order chi connectivity index (χ1) is 11.4. The Kier molecular flexibility index (Phi) is 3.95. The smallest absolute Gasteiger partial charge is 0.119 e. The first kappa shape index (κ1) is 14.2. The normalized spacial score (nSPS) is 23.7. The van der Waals surface area contributed by atoms with E-state index in [1.807, 2.05) is 0 Å². The molecule has 0 aliphatic carbocycles. The second-order valence-electron chi connectivity index (χ2n) is 6.40. The Morgan fingerprint density at radius 2 is 1.04 bits per heavy atom. The van der Waals surface area contributed by atoms with E-state index in [1.54, 1.807) is 0 Å². The van der Waals surface area contributed by atoms with E-state index in [2.05, 4.69) is 96.3 Å². The Balaban J connectivity index is 1.70. The van der Waals surface area contributed by atoms with Gasteiger partial charge in [0.2, 0.25) is 0 Å². The highest BCUT2D eigenvalue weighted by Crippen LogP contribution is 2.39. The van der Waals surface area contributed by atoms with Gasteiger partial charge in [-0.2, -0.15) is 0 Å². The van der Waals surface area contributed by atoms with Crippen LogP contribution in [-0.4, -0.2) is 0 Å². The third-order valence-corrected chi connectivity index (χ3v) is 5.02. The predicted octanol–water partition coefficient (Wildman–Crippen LogP) is 4.22. The van der Waals surface area contributed by atoms with Crippen molar-refractivity contribution in [2.45, 2.75) is 24.4 Å². The van der Waals surface area contributed by atoms with Crippen molar-refractivity contribution in [3.05, 3.63) is 108 Å². The molecule has 1 aliphatic heterocycles. The van der Waals surface area contributed by atoms with Gasteiger partial charge in [-0.05, 0) is 5.56 Å². The number of nitrogens with two attached hydrogens (primary N) is 1. The van der Waals surface area contributed by atoms with E-state index in [1.165, 1.54) is 23.1 Å². The molecule has 3 aromatic rings. The summed E-state index contributed by atoms with van der Waals surface area (Å²) in [7, 11) is 0. The molecule has 0 spiro atoms. The lowest BCUT2D eigenvalue weighted by molar-refractivity contribution is -0.715. The van der Waals surface area contributed by atoms with Crippen LogP contribution in [0.15, 0.2) is 91.0 Å². The lowest BCUT2D eigenvalue weighted by Gasteiger charge is -2.17. The SMILES string of the molecule is c1ccc([C@H]2[NH2+][C@@H](c3ccccc3)C[C@H]2c2ccccc2)cc1. The summed E-state index contributed by atoms with van der Waals surface area (Å²) < 4.78 is 0. The second kappa shape index (κ2) is 6.39. The number of quaternary nitrogens is 1. The summed E-state index contributed by atoms with van der Waals surface area (Å²) >= 11 is 0. The van der Waals surface area contributed by atoms with Crippen LogP contribution in [0.3, 0.4) is 0 Å². The minimum Gasteiger partial charge on any atom is -0.333 e. The van der Waals surface area contributed by atoms with Crippen molar-refractivity contribution in [3.8, 4) is 0 Å². The third kappa shape index (κ3) is 2.93. The van der Waals surface area contributed by atoms with E-state index in [0.717, 1.165) is 0 Å². The van der Waals surface area contributed by atoms with Crippen LogP contribution in [0.2, 0.25) is 0 Å². The van der Waals surface area contributed by atoms with E-state index in [9.17, 15) is 0 Å². The number of benzene rings is 3. The lowest BCUT2D eigenvalue weighted by atomic mass is 9.86. The van der Waals surface area contributed by atoms with Gasteiger partial charge in [-0.3, -0.25) is 0 Å². The lowest BCUT2D eigenvalue weighted by Crippen LogP contribution is -2.83. The van der Waals surface area contributed by atoms with Crippen LogP contribution in [0.4, 0.5) is 0 Å². The Labute approximate surface area is 138 Å². The van der Waals surface area contributed by atoms with Gasteiger partial charge in [0.25, 0.3) is 0 Å². The van der Waals surface area contributed by atoms with Gasteiger partial charge in [0, 0.05) is 23.5 Å². The monoisotopic (exact) mass is 300 g/mol. The molecule has 0 saturated carbocycles. The molecule has 114 valence electrons. The summed E-state index contributed by atoms with van der Waals surface area (Å²) in [6, 6.07) is 33.9. The molecular weight excluding hydrogens is 278 g/mol. The molecule has 0 unspecified atom stereocenters. The van der Waals surface area contributed by atoms with Gasteiger partial charge in [0.05, 0.1) is 0 Å². The largest absolute Gasteiger partial charge is 0.333 e. The van der Waals surface area contributed by atoms with Crippen LogP contribution in [0, 0.1) is 0 Å². The van der Waals surface area contributed by atoms with Gasteiger partial charge >= 0.3 is 0 Å². The fourth-order valence-electron chi connectivity index (χ4n) is 3.89. The molecule has 0 amide bonds. The van der Waals surface area contributed by atoms with Crippen LogP contribution in [-0.2, 0) is 0 Å². The van der Waals surface area contributed by atoms with Crippen LogP contribution in [0.25, 0.3) is 0 Å². The summed E-state index contributed by atoms with van der Waals surface area (Å²) in [5.41, 5.74) is 4.32. The van der Waals surface area contributed by atoms with Crippen molar-refractivity contribution in [1.82, 2.24) is 0 Å². The van der Waals surface area contributed by atoms with Crippen LogP contribution < -0.4 is 5.32 Å². The highest BCUT2D eigenvalue weighted by Gasteiger charge is 2.40. The molecule has 4 rings (SSSR count). The quantitative estimate of drug-likeness (QED) is 0.746. The summed E-state index contributed by atoms with van der Waals surface area (Å²) in [5, 5.41) is 2.56. The maximum Gasteiger partial charge on any atom is 0.119 e. The van der Waals surface area contributed by atoms with Crippen molar-refractivity contribution in [1.29, 1.82) is 0 Å². The Hall–Kier alpha value is -2.38. The molecule has 1 saturated heterocycles. The van der Waals surface area contributed by atoms with E-state index < -0.39 is 0 Å². The summed E-state index contributed by atoms with van der Waals surface area (Å²) in [4.78, 5) is 0. The minimum absolute atomic E-state index is 0.490. The highest BCUT2D eigenvalue weighted by atomic mass is 15.0. The molecular formula is C22H22N+. The van der Waals surface area contributed by atoms with Crippen LogP contribution in [0.1, 0.15) is 41.1 Å². The van der Waals surface area contributed by atoms with Crippen molar-refractivity contribution in [3.63, 3.8) is 0 Å². The van der Waals surface area contributed by atoms with Gasteiger partial charge < -0.3 is 5.32 Å². The van der Waals surface area contributed by atoms with Crippen molar-refractivity contribution in [2.75, 3.05) is 0 Å². The Morgan fingerprint density at radius 1 is 0.565 bits per heavy atom. The Morgan fingerprint density at radius 3 is 1.61 bits per heavy atom. The summed E-state index contributed by atoms with van der Waals surface area (Å²) in [6.45, 7) is 0. The standard InChI is InChI=1S/C22H21N/c1-4-10-17(11-5-1)20-16-21(18-12-6-2-7-13-18)23-22(20)19-14-8-3-9-15-19/h1-15,20-23H,16H2/p+1/t20-,21+,22+/m0/s1. The van der Waals surface area contributed by atoms with Gasteiger partial charge in [-0.15, -0.1) is 0 Å². The number of hydrogen-bond acceptors (Lipinski definition) is 0. The molecule has 1 nitrogen and oxygen atoms in total. The fraction of sp³-hybridized carbons (Fsp3) is 0.182. The molecule has 3 aromatic carbocycles. The predicted molar refractivity (Wildman–Crippen MR) is 94.1 cm³/mol.